The van der Waals surface area contributed by atoms with Crippen LogP contribution >= 0.6 is 0 Å². The first-order valence-electron chi connectivity index (χ1n) is 17.9. The predicted molar refractivity (Wildman–Crippen MR) is 184 cm³/mol. The Kier molecular flexibility index (Phi) is 25.8. The summed E-state index contributed by atoms with van der Waals surface area (Å²) in [4.78, 5) is 12.8. The Morgan fingerprint density at radius 2 is 1.30 bits per heavy atom. The normalized spacial score (nSPS) is 23.7. The van der Waals surface area contributed by atoms with Crippen LogP contribution < -0.4 is 5.32 Å². The second-order valence-electron chi connectivity index (χ2n) is 12.3. The zero-order valence-electron chi connectivity index (χ0n) is 28.6. The summed E-state index contributed by atoms with van der Waals surface area (Å²) in [5.41, 5.74) is 0. The Hall–Kier alpha value is -1.85. The van der Waals surface area contributed by atoms with E-state index >= 15 is 0 Å². The zero-order chi connectivity index (χ0) is 33.8. The van der Waals surface area contributed by atoms with Crippen LogP contribution in [0, 0.1) is 0 Å². The molecule has 1 heterocycles. The van der Waals surface area contributed by atoms with Gasteiger partial charge in [0.25, 0.3) is 0 Å². The zero-order valence-corrected chi connectivity index (χ0v) is 28.6. The highest BCUT2D eigenvalue weighted by Gasteiger charge is 2.44. The van der Waals surface area contributed by atoms with Crippen LogP contribution in [0.1, 0.15) is 123 Å². The van der Waals surface area contributed by atoms with Crippen LogP contribution in [0.25, 0.3) is 0 Å². The molecule has 1 aliphatic rings. The minimum atomic E-state index is -1.57. The van der Waals surface area contributed by atoms with E-state index in [-0.39, 0.29) is 12.5 Å². The third kappa shape index (κ3) is 19.7. The van der Waals surface area contributed by atoms with E-state index in [2.05, 4.69) is 55.6 Å². The summed E-state index contributed by atoms with van der Waals surface area (Å²) in [6.07, 6.45) is 25.9. The van der Waals surface area contributed by atoms with Gasteiger partial charge in [0.1, 0.15) is 24.4 Å². The maximum Gasteiger partial charge on any atom is 0.220 e. The molecule has 0 radical (unpaired) electrons. The van der Waals surface area contributed by atoms with Crippen LogP contribution in [0.5, 0.6) is 0 Å². The van der Waals surface area contributed by atoms with Gasteiger partial charge in [-0.3, -0.25) is 4.79 Å². The summed E-state index contributed by atoms with van der Waals surface area (Å²) >= 11 is 0. The largest absolute Gasteiger partial charge is 0.394 e. The number of nitrogens with one attached hydrogen (secondary N) is 1. The van der Waals surface area contributed by atoms with Crippen molar-refractivity contribution in [1.82, 2.24) is 5.32 Å². The molecule has 0 saturated carbocycles. The number of rotatable bonds is 27. The number of carbonyl (C=O) groups excluding carboxylic acids is 1. The van der Waals surface area contributed by atoms with Gasteiger partial charge in [0.2, 0.25) is 5.91 Å². The number of allylic oxidation sites excluding steroid dienone is 7. The summed E-state index contributed by atoms with van der Waals surface area (Å²) in [5.74, 6) is -0.207. The lowest BCUT2D eigenvalue weighted by Crippen LogP contribution is -2.60. The molecule has 0 aromatic rings. The molecular weight excluding hydrogens is 586 g/mol. The van der Waals surface area contributed by atoms with Crippen LogP contribution in [0.4, 0.5) is 0 Å². The van der Waals surface area contributed by atoms with Crippen LogP contribution in [-0.2, 0) is 14.3 Å². The topological polar surface area (TPSA) is 149 Å². The van der Waals surface area contributed by atoms with Crippen molar-refractivity contribution in [3.8, 4) is 0 Å². The van der Waals surface area contributed by atoms with Gasteiger partial charge in [-0.25, -0.2) is 0 Å². The third-order valence-corrected chi connectivity index (χ3v) is 8.12. The van der Waals surface area contributed by atoms with Gasteiger partial charge in [0.15, 0.2) is 6.29 Å². The van der Waals surface area contributed by atoms with E-state index in [4.69, 9.17) is 9.47 Å². The van der Waals surface area contributed by atoms with Gasteiger partial charge in [-0.15, -0.1) is 0 Å². The maximum atomic E-state index is 12.8. The molecule has 1 aliphatic heterocycles. The molecule has 9 nitrogen and oxygen atoms in total. The SMILES string of the molecule is CC/C=C/CC/C=C/CC/C=C/C(O)C(COC1OC(CO)C(O)C(O)C1O)NC(=O)CCCCCCC/C=C\CCCCCC. The Balaban J connectivity index is 2.53. The maximum absolute atomic E-state index is 12.8. The molecular formula is C37H65NO8. The van der Waals surface area contributed by atoms with E-state index in [0.717, 1.165) is 70.6 Å². The fourth-order valence-electron chi connectivity index (χ4n) is 5.19. The Morgan fingerprint density at radius 1 is 0.739 bits per heavy atom. The van der Waals surface area contributed by atoms with E-state index in [1.54, 1.807) is 6.08 Å². The first-order valence-corrected chi connectivity index (χ1v) is 17.9. The fraction of sp³-hybridized carbons (Fsp3) is 0.757. The number of aliphatic hydroxyl groups excluding tert-OH is 5. The van der Waals surface area contributed by atoms with Gasteiger partial charge in [0, 0.05) is 6.42 Å². The first-order chi connectivity index (χ1) is 22.3. The molecule has 1 fully saturated rings. The van der Waals surface area contributed by atoms with Crippen molar-refractivity contribution < 1.29 is 39.8 Å². The number of aliphatic hydroxyl groups is 5. The number of carbonyl (C=O) groups is 1. The number of amides is 1. The molecule has 0 aliphatic carbocycles. The minimum absolute atomic E-state index is 0.207. The lowest BCUT2D eigenvalue weighted by molar-refractivity contribution is -0.302. The standard InChI is InChI=1S/C37H65NO8/c1-3-5-7-9-11-13-15-16-17-19-21-23-25-27-33(41)38-30(29-45-37-36(44)35(43)34(42)32(28-39)46-37)31(40)26-24-22-20-18-14-12-10-8-6-4-2/h6,8,13-15,18,24,26,30-32,34-37,39-40,42-44H,3-5,7,9-12,16-17,19-23,25,27-29H2,1-2H3,(H,38,41)/b8-6+,15-13-,18-14+,26-24+. The van der Waals surface area contributed by atoms with E-state index in [0.29, 0.717) is 6.42 Å². The van der Waals surface area contributed by atoms with Gasteiger partial charge in [0.05, 0.1) is 25.4 Å². The highest BCUT2D eigenvalue weighted by molar-refractivity contribution is 5.76. The van der Waals surface area contributed by atoms with Crippen LogP contribution in [0.2, 0.25) is 0 Å². The van der Waals surface area contributed by atoms with Gasteiger partial charge < -0.3 is 40.3 Å². The molecule has 46 heavy (non-hydrogen) atoms. The number of ether oxygens (including phenoxy) is 2. The smallest absolute Gasteiger partial charge is 0.220 e. The molecule has 1 rings (SSSR count). The molecule has 6 N–H and O–H groups in total. The predicted octanol–water partition coefficient (Wildman–Crippen LogP) is 5.54. The van der Waals surface area contributed by atoms with Crippen molar-refractivity contribution in [3.05, 3.63) is 48.6 Å². The highest BCUT2D eigenvalue weighted by Crippen LogP contribution is 2.22. The lowest BCUT2D eigenvalue weighted by atomic mass is 9.99. The molecule has 1 amide bonds. The molecule has 266 valence electrons. The Morgan fingerprint density at radius 3 is 1.93 bits per heavy atom. The van der Waals surface area contributed by atoms with Crippen molar-refractivity contribution in [1.29, 1.82) is 0 Å². The second-order valence-corrected chi connectivity index (χ2v) is 12.3. The second kappa shape index (κ2) is 28.2. The van der Waals surface area contributed by atoms with Crippen molar-refractivity contribution in [2.45, 2.75) is 166 Å². The van der Waals surface area contributed by atoms with Crippen molar-refractivity contribution in [3.63, 3.8) is 0 Å². The monoisotopic (exact) mass is 651 g/mol. The van der Waals surface area contributed by atoms with E-state index < -0.39 is 49.5 Å². The van der Waals surface area contributed by atoms with Crippen molar-refractivity contribution in [2.24, 2.45) is 0 Å². The van der Waals surface area contributed by atoms with E-state index in [1.807, 2.05) is 6.08 Å². The summed E-state index contributed by atoms with van der Waals surface area (Å²) in [6, 6.07) is -0.828. The van der Waals surface area contributed by atoms with Crippen molar-refractivity contribution in [2.75, 3.05) is 13.2 Å². The molecule has 9 heteroatoms. The van der Waals surface area contributed by atoms with Gasteiger partial charge in [-0.2, -0.15) is 0 Å². The van der Waals surface area contributed by atoms with Crippen LogP contribution in [0.3, 0.4) is 0 Å². The molecule has 7 atom stereocenters. The summed E-state index contributed by atoms with van der Waals surface area (Å²) in [7, 11) is 0. The molecule has 7 unspecified atom stereocenters. The average molecular weight is 652 g/mol. The number of hydrogen-bond donors (Lipinski definition) is 6. The quantitative estimate of drug-likeness (QED) is 0.0501. The highest BCUT2D eigenvalue weighted by atomic mass is 16.7. The summed E-state index contributed by atoms with van der Waals surface area (Å²) in [5, 5.41) is 53.7. The fourth-order valence-corrected chi connectivity index (χ4v) is 5.19. The van der Waals surface area contributed by atoms with Gasteiger partial charge in [-0.05, 0) is 64.2 Å². The van der Waals surface area contributed by atoms with E-state index in [9.17, 15) is 30.3 Å². The van der Waals surface area contributed by atoms with Crippen LogP contribution in [-0.4, -0.2) is 87.5 Å². The summed E-state index contributed by atoms with van der Waals surface area (Å²) in [6.45, 7) is 3.56. The van der Waals surface area contributed by atoms with Crippen LogP contribution in [0.15, 0.2) is 48.6 Å². The molecule has 0 bridgehead atoms. The van der Waals surface area contributed by atoms with Crippen molar-refractivity contribution >= 4 is 5.91 Å². The lowest BCUT2D eigenvalue weighted by Gasteiger charge is -2.40. The molecule has 1 saturated heterocycles. The summed E-state index contributed by atoms with van der Waals surface area (Å²) < 4.78 is 11.1. The third-order valence-electron chi connectivity index (χ3n) is 8.12. The Bertz CT molecular complexity index is 858. The van der Waals surface area contributed by atoms with Gasteiger partial charge in [-0.1, -0.05) is 101 Å². The van der Waals surface area contributed by atoms with Gasteiger partial charge >= 0.3 is 0 Å². The Labute approximate surface area is 278 Å². The minimum Gasteiger partial charge on any atom is -0.394 e. The molecule has 0 aromatic heterocycles. The molecule has 0 aromatic carbocycles. The average Bonchev–Trinajstić information content (AvgIpc) is 3.05. The number of unbranched alkanes of at least 4 members (excludes halogenated alkanes) is 11. The van der Waals surface area contributed by atoms with E-state index in [1.165, 1.54) is 32.1 Å². The number of hydrogen-bond acceptors (Lipinski definition) is 8. The molecule has 0 spiro atoms. The first kappa shape index (κ1) is 42.2.